The molecule has 0 N–H and O–H groups in total. The molecule has 2 aromatic rings. The first-order chi connectivity index (χ1) is 12.9. The van der Waals surface area contributed by atoms with Crippen molar-refractivity contribution < 1.29 is 17.6 Å². The first-order valence-corrected chi connectivity index (χ1v) is 10.6. The molecular formula is C19H20ClFN2O3S. The monoisotopic (exact) mass is 410 g/mol. The molecule has 0 bridgehead atoms. The van der Waals surface area contributed by atoms with E-state index in [1.807, 2.05) is 0 Å². The van der Waals surface area contributed by atoms with Gasteiger partial charge >= 0.3 is 0 Å². The number of nitrogens with zero attached hydrogens (tertiary/aromatic N) is 2. The van der Waals surface area contributed by atoms with Crippen molar-refractivity contribution in [1.29, 1.82) is 0 Å². The molecule has 0 unspecified atom stereocenters. The number of rotatable bonds is 4. The quantitative estimate of drug-likeness (QED) is 0.778. The average Bonchev–Trinajstić information content (AvgIpc) is 2.90. The van der Waals surface area contributed by atoms with Crippen molar-refractivity contribution in [2.45, 2.75) is 12.2 Å². The molecule has 0 aliphatic carbocycles. The van der Waals surface area contributed by atoms with Crippen LogP contribution in [-0.4, -0.2) is 49.7 Å². The van der Waals surface area contributed by atoms with Gasteiger partial charge in [0.25, 0.3) is 5.91 Å². The number of carbonyl (C=O) groups is 1. The Kier molecular flexibility index (Phi) is 6.14. The molecule has 1 fully saturated rings. The van der Waals surface area contributed by atoms with Crippen LogP contribution in [-0.2, 0) is 15.8 Å². The zero-order chi connectivity index (χ0) is 19.4. The Morgan fingerprint density at radius 2 is 1.70 bits per heavy atom. The topological polar surface area (TPSA) is 57.7 Å². The molecule has 0 atom stereocenters. The number of carbonyl (C=O) groups excluding carboxylic acids is 1. The van der Waals surface area contributed by atoms with Crippen LogP contribution in [0.3, 0.4) is 0 Å². The van der Waals surface area contributed by atoms with Gasteiger partial charge in [-0.05, 0) is 24.6 Å². The van der Waals surface area contributed by atoms with Gasteiger partial charge in [0.15, 0.2) is 0 Å². The zero-order valence-electron chi connectivity index (χ0n) is 14.6. The number of halogens is 2. The van der Waals surface area contributed by atoms with E-state index in [0.717, 1.165) is 0 Å². The van der Waals surface area contributed by atoms with Gasteiger partial charge in [-0.25, -0.2) is 12.8 Å². The van der Waals surface area contributed by atoms with Crippen LogP contribution in [0, 0.1) is 5.82 Å². The SMILES string of the molecule is O=C(c1ccccc1Cl)N1CCCN(S(=O)(=O)Cc2ccccc2F)CC1. The van der Waals surface area contributed by atoms with Crippen LogP contribution in [0.15, 0.2) is 48.5 Å². The third-order valence-corrected chi connectivity index (χ3v) is 6.69. The molecule has 0 aromatic heterocycles. The van der Waals surface area contributed by atoms with Gasteiger partial charge in [-0.1, -0.05) is 41.9 Å². The number of sulfonamides is 1. The molecule has 5 nitrogen and oxygen atoms in total. The maximum Gasteiger partial charge on any atom is 0.255 e. The van der Waals surface area contributed by atoms with E-state index in [4.69, 9.17) is 11.6 Å². The fourth-order valence-corrected chi connectivity index (χ4v) is 4.88. The van der Waals surface area contributed by atoms with E-state index >= 15 is 0 Å². The number of amides is 1. The van der Waals surface area contributed by atoms with Gasteiger partial charge in [0.1, 0.15) is 5.82 Å². The lowest BCUT2D eigenvalue weighted by Crippen LogP contribution is -2.38. The Morgan fingerprint density at radius 1 is 1.00 bits per heavy atom. The maximum atomic E-state index is 13.8. The largest absolute Gasteiger partial charge is 0.337 e. The lowest BCUT2D eigenvalue weighted by Gasteiger charge is -2.22. The molecule has 144 valence electrons. The fourth-order valence-electron chi connectivity index (χ4n) is 3.08. The van der Waals surface area contributed by atoms with Gasteiger partial charge in [-0.15, -0.1) is 0 Å². The van der Waals surface area contributed by atoms with E-state index in [1.54, 1.807) is 35.2 Å². The van der Waals surface area contributed by atoms with E-state index in [2.05, 4.69) is 0 Å². The molecule has 1 amide bonds. The Labute approximate surface area is 163 Å². The van der Waals surface area contributed by atoms with Crippen molar-refractivity contribution in [2.24, 2.45) is 0 Å². The smallest absolute Gasteiger partial charge is 0.255 e. The standard InChI is InChI=1S/C19H20ClFN2O3S/c20-17-8-3-2-7-16(17)19(24)22-10-5-11-23(13-12-22)27(25,26)14-15-6-1-4-9-18(15)21/h1-4,6-9H,5,10-14H2. The summed E-state index contributed by atoms with van der Waals surface area (Å²) in [5.74, 6) is -1.14. The summed E-state index contributed by atoms with van der Waals surface area (Å²) in [6.45, 7) is 1.17. The highest BCUT2D eigenvalue weighted by atomic mass is 35.5. The predicted octanol–water partition coefficient (Wildman–Crippen LogP) is 3.16. The maximum absolute atomic E-state index is 13.8. The second-order valence-electron chi connectivity index (χ2n) is 6.37. The minimum Gasteiger partial charge on any atom is -0.337 e. The summed E-state index contributed by atoms with van der Waals surface area (Å²) in [5, 5.41) is 0.371. The summed E-state index contributed by atoms with van der Waals surface area (Å²) in [6.07, 6.45) is 0.507. The third kappa shape index (κ3) is 4.66. The van der Waals surface area contributed by atoms with E-state index in [1.165, 1.54) is 22.5 Å². The van der Waals surface area contributed by atoms with Gasteiger partial charge in [0.2, 0.25) is 10.0 Å². The Balaban J connectivity index is 1.70. The highest BCUT2D eigenvalue weighted by Crippen LogP contribution is 2.20. The van der Waals surface area contributed by atoms with Crippen LogP contribution in [0.1, 0.15) is 22.3 Å². The first-order valence-electron chi connectivity index (χ1n) is 8.63. The average molecular weight is 411 g/mol. The third-order valence-electron chi connectivity index (χ3n) is 4.54. The second kappa shape index (κ2) is 8.37. The van der Waals surface area contributed by atoms with Crippen LogP contribution in [0.4, 0.5) is 4.39 Å². The lowest BCUT2D eigenvalue weighted by atomic mass is 10.2. The molecular weight excluding hydrogens is 391 g/mol. The van der Waals surface area contributed by atoms with Gasteiger partial charge in [-0.2, -0.15) is 4.31 Å². The van der Waals surface area contributed by atoms with E-state index in [-0.39, 0.29) is 24.6 Å². The lowest BCUT2D eigenvalue weighted by molar-refractivity contribution is 0.0764. The Hall–Kier alpha value is -1.96. The summed E-state index contributed by atoms with van der Waals surface area (Å²) < 4.78 is 40.5. The molecule has 8 heteroatoms. The van der Waals surface area contributed by atoms with Gasteiger partial charge in [0.05, 0.1) is 16.3 Å². The summed E-state index contributed by atoms with van der Waals surface area (Å²) >= 11 is 6.10. The van der Waals surface area contributed by atoms with Crippen LogP contribution >= 0.6 is 11.6 Å². The van der Waals surface area contributed by atoms with E-state index in [0.29, 0.717) is 30.1 Å². The molecule has 0 spiro atoms. The van der Waals surface area contributed by atoms with Crippen molar-refractivity contribution in [3.05, 3.63) is 70.5 Å². The number of hydrogen-bond acceptors (Lipinski definition) is 3. The number of benzene rings is 2. The van der Waals surface area contributed by atoms with E-state index in [9.17, 15) is 17.6 Å². The minimum absolute atomic E-state index is 0.144. The van der Waals surface area contributed by atoms with Crippen LogP contribution < -0.4 is 0 Å². The van der Waals surface area contributed by atoms with Crippen LogP contribution in [0.5, 0.6) is 0 Å². The molecule has 1 aliphatic rings. The van der Waals surface area contributed by atoms with Crippen molar-refractivity contribution in [2.75, 3.05) is 26.2 Å². The molecule has 27 heavy (non-hydrogen) atoms. The number of hydrogen-bond donors (Lipinski definition) is 0. The van der Waals surface area contributed by atoms with Crippen molar-refractivity contribution in [3.8, 4) is 0 Å². The molecule has 1 saturated heterocycles. The summed E-state index contributed by atoms with van der Waals surface area (Å²) in [7, 11) is -3.67. The van der Waals surface area contributed by atoms with Gasteiger partial charge in [0, 0.05) is 31.7 Å². The van der Waals surface area contributed by atoms with Crippen molar-refractivity contribution >= 4 is 27.5 Å². The van der Waals surface area contributed by atoms with E-state index < -0.39 is 21.6 Å². The molecule has 1 aliphatic heterocycles. The molecule has 2 aromatic carbocycles. The van der Waals surface area contributed by atoms with Crippen LogP contribution in [0.25, 0.3) is 0 Å². The van der Waals surface area contributed by atoms with Gasteiger partial charge < -0.3 is 4.90 Å². The summed E-state index contributed by atoms with van der Waals surface area (Å²) in [5.41, 5.74) is 0.549. The minimum atomic E-state index is -3.67. The fraction of sp³-hybridized carbons (Fsp3) is 0.316. The van der Waals surface area contributed by atoms with Crippen molar-refractivity contribution in [1.82, 2.24) is 9.21 Å². The predicted molar refractivity (Wildman–Crippen MR) is 103 cm³/mol. The second-order valence-corrected chi connectivity index (χ2v) is 8.75. The van der Waals surface area contributed by atoms with Gasteiger partial charge in [-0.3, -0.25) is 4.79 Å². The highest BCUT2D eigenvalue weighted by Gasteiger charge is 2.28. The Morgan fingerprint density at radius 3 is 2.44 bits per heavy atom. The molecule has 3 rings (SSSR count). The van der Waals surface area contributed by atoms with Crippen LogP contribution in [0.2, 0.25) is 5.02 Å². The Bertz CT molecular complexity index is 936. The first kappa shape index (κ1) is 19.8. The molecule has 0 radical (unpaired) electrons. The molecule has 0 saturated carbocycles. The zero-order valence-corrected chi connectivity index (χ0v) is 16.2. The summed E-state index contributed by atoms with van der Waals surface area (Å²) in [4.78, 5) is 14.3. The summed E-state index contributed by atoms with van der Waals surface area (Å²) in [6, 6.07) is 12.6. The molecule has 1 heterocycles. The normalized spacial score (nSPS) is 16.1. The highest BCUT2D eigenvalue weighted by molar-refractivity contribution is 7.88. The van der Waals surface area contributed by atoms with Crippen molar-refractivity contribution in [3.63, 3.8) is 0 Å².